The zero-order valence-corrected chi connectivity index (χ0v) is 14.9. The molecule has 130 valence electrons. The molecular formula is C22H26N2O. The summed E-state index contributed by atoms with van der Waals surface area (Å²) in [7, 11) is 0. The molecule has 0 radical (unpaired) electrons. The Morgan fingerprint density at radius 3 is 2.52 bits per heavy atom. The fourth-order valence-electron chi connectivity index (χ4n) is 4.41. The Morgan fingerprint density at radius 2 is 1.76 bits per heavy atom. The predicted octanol–water partition coefficient (Wildman–Crippen LogP) is 4.91. The van der Waals surface area contributed by atoms with E-state index in [1.165, 1.54) is 24.0 Å². The van der Waals surface area contributed by atoms with Crippen LogP contribution in [0.25, 0.3) is 11.1 Å². The Labute approximate surface area is 150 Å². The van der Waals surface area contributed by atoms with Gasteiger partial charge < -0.3 is 4.90 Å². The largest absolute Gasteiger partial charge is 0.334 e. The smallest absolute Gasteiger partial charge is 0.226 e. The van der Waals surface area contributed by atoms with Gasteiger partial charge in [-0.25, -0.2) is 0 Å². The van der Waals surface area contributed by atoms with E-state index >= 15 is 0 Å². The van der Waals surface area contributed by atoms with Crippen LogP contribution in [0.2, 0.25) is 0 Å². The molecule has 2 aliphatic rings. The summed E-state index contributed by atoms with van der Waals surface area (Å²) < 4.78 is 0. The average molecular weight is 334 g/mol. The molecule has 2 heterocycles. The van der Waals surface area contributed by atoms with Crippen molar-refractivity contribution >= 4 is 5.91 Å². The van der Waals surface area contributed by atoms with Crippen molar-refractivity contribution < 1.29 is 4.79 Å². The maximum Gasteiger partial charge on any atom is 0.226 e. The minimum Gasteiger partial charge on any atom is -0.334 e. The zero-order valence-electron chi connectivity index (χ0n) is 14.9. The molecule has 1 aliphatic carbocycles. The van der Waals surface area contributed by atoms with E-state index in [1.54, 1.807) is 0 Å². The molecule has 0 bridgehead atoms. The van der Waals surface area contributed by atoms with Crippen LogP contribution in [-0.4, -0.2) is 22.3 Å². The number of aromatic nitrogens is 1. The third-order valence-corrected chi connectivity index (χ3v) is 5.66. The van der Waals surface area contributed by atoms with E-state index in [-0.39, 0.29) is 12.0 Å². The average Bonchev–Trinajstić information content (AvgIpc) is 3.33. The SMILES string of the molecule is Cc1cc(-c2ccccc2)cc(C2CCCN2C(=O)C2CCCC2)n1. The van der Waals surface area contributed by atoms with Gasteiger partial charge >= 0.3 is 0 Å². The van der Waals surface area contributed by atoms with Crippen LogP contribution in [-0.2, 0) is 4.79 Å². The molecule has 0 spiro atoms. The van der Waals surface area contributed by atoms with Crippen molar-refractivity contribution in [2.75, 3.05) is 6.54 Å². The third-order valence-electron chi connectivity index (χ3n) is 5.66. The molecule has 1 saturated carbocycles. The van der Waals surface area contributed by atoms with Gasteiger partial charge in [0.15, 0.2) is 0 Å². The van der Waals surface area contributed by atoms with Crippen LogP contribution in [0.5, 0.6) is 0 Å². The Bertz CT molecular complexity index is 750. The number of hydrogen-bond acceptors (Lipinski definition) is 2. The summed E-state index contributed by atoms with van der Waals surface area (Å²) in [6.07, 6.45) is 6.66. The first-order chi connectivity index (χ1) is 12.2. The maximum absolute atomic E-state index is 13.0. The van der Waals surface area contributed by atoms with Crippen LogP contribution < -0.4 is 0 Å². The van der Waals surface area contributed by atoms with E-state index in [0.29, 0.717) is 5.91 Å². The second kappa shape index (κ2) is 6.99. The summed E-state index contributed by atoms with van der Waals surface area (Å²) in [5.41, 5.74) is 4.49. The molecule has 1 aromatic carbocycles. The number of rotatable bonds is 3. The van der Waals surface area contributed by atoms with Crippen molar-refractivity contribution in [1.82, 2.24) is 9.88 Å². The first kappa shape index (κ1) is 16.3. The van der Waals surface area contributed by atoms with Gasteiger partial charge in [-0.05, 0) is 55.9 Å². The number of carbonyl (C=O) groups is 1. The van der Waals surface area contributed by atoms with E-state index in [4.69, 9.17) is 4.98 Å². The molecule has 2 fully saturated rings. The van der Waals surface area contributed by atoms with E-state index in [9.17, 15) is 4.79 Å². The summed E-state index contributed by atoms with van der Waals surface area (Å²) in [5, 5.41) is 0. The minimum atomic E-state index is 0.149. The van der Waals surface area contributed by atoms with Crippen molar-refractivity contribution in [3.05, 3.63) is 53.9 Å². The number of aryl methyl sites for hydroxylation is 1. The highest BCUT2D eigenvalue weighted by Gasteiger charge is 2.35. The van der Waals surface area contributed by atoms with Crippen LogP contribution in [0.15, 0.2) is 42.5 Å². The lowest BCUT2D eigenvalue weighted by Crippen LogP contribution is -2.35. The van der Waals surface area contributed by atoms with Crippen molar-refractivity contribution in [3.8, 4) is 11.1 Å². The van der Waals surface area contributed by atoms with Gasteiger partial charge in [0.05, 0.1) is 11.7 Å². The number of likely N-dealkylation sites (tertiary alicyclic amines) is 1. The van der Waals surface area contributed by atoms with Gasteiger partial charge in [-0.1, -0.05) is 43.2 Å². The Hall–Kier alpha value is -2.16. The van der Waals surface area contributed by atoms with Gasteiger partial charge in [-0.2, -0.15) is 0 Å². The summed E-state index contributed by atoms with van der Waals surface area (Å²) in [4.78, 5) is 19.9. The number of carbonyl (C=O) groups excluding carboxylic acids is 1. The van der Waals surface area contributed by atoms with Gasteiger partial charge in [0.1, 0.15) is 0 Å². The van der Waals surface area contributed by atoms with E-state index in [1.807, 2.05) is 13.0 Å². The van der Waals surface area contributed by atoms with Crippen LogP contribution in [0.3, 0.4) is 0 Å². The number of hydrogen-bond donors (Lipinski definition) is 0. The highest BCUT2D eigenvalue weighted by Crippen LogP contribution is 2.36. The van der Waals surface area contributed by atoms with E-state index < -0.39 is 0 Å². The first-order valence-electron chi connectivity index (χ1n) is 9.57. The lowest BCUT2D eigenvalue weighted by Gasteiger charge is -2.27. The molecule has 1 atom stereocenters. The van der Waals surface area contributed by atoms with Crippen LogP contribution in [0.1, 0.15) is 56.0 Å². The topological polar surface area (TPSA) is 33.2 Å². The second-order valence-corrected chi connectivity index (χ2v) is 7.46. The second-order valence-electron chi connectivity index (χ2n) is 7.46. The van der Waals surface area contributed by atoms with Crippen molar-refractivity contribution in [1.29, 1.82) is 0 Å². The van der Waals surface area contributed by atoms with Gasteiger partial charge in [0.2, 0.25) is 5.91 Å². The molecular weight excluding hydrogens is 308 g/mol. The third kappa shape index (κ3) is 3.33. The van der Waals surface area contributed by atoms with Gasteiger partial charge in [0, 0.05) is 18.2 Å². The number of nitrogens with zero attached hydrogens (tertiary/aromatic N) is 2. The fourth-order valence-corrected chi connectivity index (χ4v) is 4.41. The lowest BCUT2D eigenvalue weighted by atomic mass is 10.0. The highest BCUT2D eigenvalue weighted by molar-refractivity contribution is 5.80. The van der Waals surface area contributed by atoms with E-state index in [0.717, 1.165) is 43.6 Å². The lowest BCUT2D eigenvalue weighted by molar-refractivity contribution is -0.136. The van der Waals surface area contributed by atoms with Crippen molar-refractivity contribution in [2.24, 2.45) is 5.92 Å². The molecule has 3 nitrogen and oxygen atoms in total. The van der Waals surface area contributed by atoms with E-state index in [2.05, 4.69) is 41.3 Å². The molecule has 1 amide bonds. The van der Waals surface area contributed by atoms with Crippen molar-refractivity contribution in [3.63, 3.8) is 0 Å². The molecule has 2 aromatic rings. The molecule has 1 aliphatic heterocycles. The summed E-state index contributed by atoms with van der Waals surface area (Å²) in [6, 6.07) is 14.9. The summed E-state index contributed by atoms with van der Waals surface area (Å²) in [5.74, 6) is 0.614. The molecule has 0 N–H and O–H groups in total. The molecule has 1 aromatic heterocycles. The molecule has 4 rings (SSSR count). The molecule has 1 saturated heterocycles. The quantitative estimate of drug-likeness (QED) is 0.799. The van der Waals surface area contributed by atoms with Gasteiger partial charge in [-0.15, -0.1) is 0 Å². The summed E-state index contributed by atoms with van der Waals surface area (Å²) >= 11 is 0. The predicted molar refractivity (Wildman–Crippen MR) is 100 cm³/mol. The maximum atomic E-state index is 13.0. The van der Waals surface area contributed by atoms with Crippen LogP contribution >= 0.6 is 0 Å². The number of amides is 1. The standard InChI is InChI=1S/C22H26N2O/c1-16-14-19(17-8-3-2-4-9-17)15-20(23-16)21-12-7-13-24(21)22(25)18-10-5-6-11-18/h2-4,8-9,14-15,18,21H,5-7,10-13H2,1H3. The van der Waals surface area contributed by atoms with Crippen LogP contribution in [0.4, 0.5) is 0 Å². The number of benzene rings is 1. The molecule has 1 unspecified atom stereocenters. The van der Waals surface area contributed by atoms with Crippen LogP contribution in [0, 0.1) is 12.8 Å². The minimum absolute atomic E-state index is 0.149. The molecule has 3 heteroatoms. The Kier molecular flexibility index (Phi) is 4.56. The Balaban J connectivity index is 1.64. The Morgan fingerprint density at radius 1 is 1.00 bits per heavy atom. The summed E-state index contributed by atoms with van der Waals surface area (Å²) in [6.45, 7) is 2.93. The molecule has 25 heavy (non-hydrogen) atoms. The number of pyridine rings is 1. The first-order valence-corrected chi connectivity index (χ1v) is 9.57. The monoisotopic (exact) mass is 334 g/mol. The highest BCUT2D eigenvalue weighted by atomic mass is 16.2. The zero-order chi connectivity index (χ0) is 17.2. The normalized spacial score (nSPS) is 21.0. The fraction of sp³-hybridized carbons (Fsp3) is 0.455. The van der Waals surface area contributed by atoms with Gasteiger partial charge in [0.25, 0.3) is 0 Å². The van der Waals surface area contributed by atoms with Gasteiger partial charge in [-0.3, -0.25) is 9.78 Å². The van der Waals surface area contributed by atoms with Crippen molar-refractivity contribution in [2.45, 2.75) is 51.5 Å².